The third-order valence-corrected chi connectivity index (χ3v) is 17.3. The second kappa shape index (κ2) is 16.8. The van der Waals surface area contributed by atoms with Gasteiger partial charge in [0.1, 0.15) is 0 Å². The molecule has 0 saturated carbocycles. The molecule has 18 rings (SSSR count). The molecule has 16 aromatic rings. The molecular weight excluding hydrogens is 985 g/mol. The molecule has 0 N–H and O–H groups in total. The van der Waals surface area contributed by atoms with Crippen molar-refractivity contribution in [3.8, 4) is 107 Å². The molecule has 0 fully saturated rings. The third-order valence-electron chi connectivity index (χ3n) is 17.3. The minimum Gasteiger partial charge on any atom is -0.278 e. The Morgan fingerprint density at radius 2 is 0.346 bits per heavy atom. The first-order valence-corrected chi connectivity index (χ1v) is 27.7. The first-order valence-electron chi connectivity index (χ1n) is 27.7. The Labute approximate surface area is 465 Å². The van der Waals surface area contributed by atoms with Crippen molar-refractivity contribution in [2.24, 2.45) is 0 Å². The number of aromatic nitrogens is 6. The molecule has 2 aliphatic carbocycles. The number of nitrogens with zero attached hydrogens (tertiary/aromatic N) is 6. The van der Waals surface area contributed by atoms with Gasteiger partial charge < -0.3 is 0 Å². The van der Waals surface area contributed by atoms with Gasteiger partial charge >= 0.3 is 0 Å². The summed E-state index contributed by atoms with van der Waals surface area (Å²) >= 11 is 0. The van der Waals surface area contributed by atoms with Crippen molar-refractivity contribution in [2.75, 3.05) is 0 Å². The van der Waals surface area contributed by atoms with Crippen molar-refractivity contribution in [1.29, 1.82) is 0 Å². The van der Waals surface area contributed by atoms with Gasteiger partial charge in [-0.05, 0) is 138 Å². The molecule has 0 radical (unpaired) electrons. The van der Waals surface area contributed by atoms with E-state index in [1.807, 2.05) is 0 Å². The monoisotopic (exact) mass is 1030 g/mol. The molecule has 12 aromatic carbocycles. The zero-order valence-corrected chi connectivity index (χ0v) is 43.6. The summed E-state index contributed by atoms with van der Waals surface area (Å²) < 4.78 is 6.78. The molecule has 0 bridgehead atoms. The minimum atomic E-state index is 0.515. The molecule has 0 atom stereocenters. The van der Waals surface area contributed by atoms with Crippen molar-refractivity contribution in [3.05, 3.63) is 267 Å². The summed E-state index contributed by atoms with van der Waals surface area (Å²) in [6.07, 6.45) is 0. The predicted molar refractivity (Wildman–Crippen MR) is 333 cm³/mol. The van der Waals surface area contributed by atoms with Crippen LogP contribution >= 0.6 is 0 Å². The average molecular weight is 1030 g/mol. The van der Waals surface area contributed by atoms with Crippen molar-refractivity contribution < 1.29 is 0 Å². The fraction of sp³-hybridized carbons (Fsp3) is 0. The van der Waals surface area contributed by atoms with Gasteiger partial charge in [0.15, 0.2) is 0 Å². The first-order chi connectivity index (χ1) is 40.2. The fourth-order valence-electron chi connectivity index (χ4n) is 13.9. The summed E-state index contributed by atoms with van der Waals surface area (Å²) in [5, 5.41) is 6.70. The van der Waals surface area contributed by atoms with Gasteiger partial charge in [0.25, 0.3) is 0 Å². The van der Waals surface area contributed by atoms with Crippen LogP contribution in [0, 0.1) is 0 Å². The van der Waals surface area contributed by atoms with E-state index in [0.29, 0.717) is 17.8 Å². The van der Waals surface area contributed by atoms with E-state index in [4.69, 9.17) is 15.0 Å². The van der Waals surface area contributed by atoms with Crippen LogP contribution in [0.1, 0.15) is 0 Å². The topological polar surface area (TPSA) is 53.5 Å². The van der Waals surface area contributed by atoms with E-state index >= 15 is 0 Å². The first kappa shape index (κ1) is 44.1. The van der Waals surface area contributed by atoms with Gasteiger partial charge in [-0.2, -0.15) is 15.0 Å². The quantitative estimate of drug-likeness (QED) is 0.177. The molecular formula is C75H44N6. The van der Waals surface area contributed by atoms with Gasteiger partial charge in [-0.15, -0.1) is 0 Å². The van der Waals surface area contributed by atoms with Gasteiger partial charge in [-0.3, -0.25) is 13.7 Å². The zero-order valence-electron chi connectivity index (χ0n) is 43.6. The maximum absolute atomic E-state index is 5.79. The normalized spacial score (nSPS) is 12.2. The Balaban J connectivity index is 0.970. The summed E-state index contributed by atoms with van der Waals surface area (Å²) in [6.45, 7) is 0. The van der Waals surface area contributed by atoms with E-state index in [2.05, 4.69) is 281 Å². The van der Waals surface area contributed by atoms with Gasteiger partial charge in [0, 0.05) is 32.3 Å². The van der Waals surface area contributed by atoms with Crippen LogP contribution in [0.25, 0.3) is 172 Å². The SMILES string of the molecule is c1ccc2c(c1)-c1ccccc1-c1cc3c4ccccc4n(-c4nc(-n5c6ccccc6c6ccccc65)nc(-n5c6ccccc6c6cc7c(cc65)-c5ccccc5-c5ccccc5-c5ccccc5-7)n4)c3cc1-c1ccccc1-2. The standard InChI is InChI=1S/C75H44N6/c1-3-23-47-45(21-1)49-25-5-9-29-53(49)61-41-65-59-35-15-19-39-69(59)80(71(65)43-63(61)55-31-11-7-27-51(47)55)74-76-73(79-67-37-17-13-33-57(67)58-34-14-18-38-68(58)79)77-75(78-74)81-70-40-20-16-36-60(70)66-42-62-54-30-10-6-26-50(54)46-22-2-4-24-48(46)52-28-8-12-32-56(52)64(62)44-72(66)81/h1-44H. The van der Waals surface area contributed by atoms with Crippen molar-refractivity contribution in [3.63, 3.8) is 0 Å². The molecule has 4 heterocycles. The number of hydrogen-bond acceptors (Lipinski definition) is 3. The van der Waals surface area contributed by atoms with Crippen LogP contribution in [0.2, 0.25) is 0 Å². The Morgan fingerprint density at radius 3 is 0.605 bits per heavy atom. The second-order valence-corrected chi connectivity index (χ2v) is 21.4. The van der Waals surface area contributed by atoms with Crippen LogP contribution in [0.4, 0.5) is 0 Å². The zero-order chi connectivity index (χ0) is 52.9. The lowest BCUT2D eigenvalue weighted by molar-refractivity contribution is 0.848. The highest BCUT2D eigenvalue weighted by Gasteiger charge is 2.29. The second-order valence-electron chi connectivity index (χ2n) is 21.4. The molecule has 6 nitrogen and oxygen atoms in total. The van der Waals surface area contributed by atoms with E-state index in [1.165, 1.54) is 77.9 Å². The van der Waals surface area contributed by atoms with Crippen LogP contribution in [-0.4, -0.2) is 28.7 Å². The molecule has 374 valence electrons. The minimum absolute atomic E-state index is 0.515. The molecule has 2 aliphatic rings. The maximum atomic E-state index is 5.79. The molecule has 4 aromatic heterocycles. The number of fused-ring (bicyclic) bond motifs is 25. The lowest BCUT2D eigenvalue weighted by Gasteiger charge is -2.23. The summed E-state index contributed by atoms with van der Waals surface area (Å²) in [5.74, 6) is 1.55. The lowest BCUT2D eigenvalue weighted by atomic mass is 9.80. The molecule has 6 heteroatoms. The van der Waals surface area contributed by atoms with E-state index in [1.54, 1.807) is 0 Å². The smallest absolute Gasteiger partial charge is 0.241 e. The highest BCUT2D eigenvalue weighted by molar-refractivity contribution is 6.17. The maximum Gasteiger partial charge on any atom is 0.241 e. The van der Waals surface area contributed by atoms with E-state index in [9.17, 15) is 0 Å². The van der Waals surface area contributed by atoms with Crippen molar-refractivity contribution >= 4 is 65.4 Å². The van der Waals surface area contributed by atoms with Gasteiger partial charge in [0.2, 0.25) is 17.8 Å². The van der Waals surface area contributed by atoms with E-state index in [0.717, 1.165) is 76.5 Å². The number of benzene rings is 12. The van der Waals surface area contributed by atoms with Crippen LogP contribution in [-0.2, 0) is 0 Å². The third kappa shape index (κ3) is 6.24. The van der Waals surface area contributed by atoms with Gasteiger partial charge in [-0.1, -0.05) is 218 Å². The summed E-state index contributed by atoms with van der Waals surface area (Å²) in [7, 11) is 0. The molecule has 0 saturated heterocycles. The largest absolute Gasteiger partial charge is 0.278 e. The van der Waals surface area contributed by atoms with Crippen molar-refractivity contribution in [1.82, 2.24) is 28.7 Å². The molecule has 0 aliphatic heterocycles. The van der Waals surface area contributed by atoms with Crippen LogP contribution in [0.15, 0.2) is 267 Å². The lowest BCUT2D eigenvalue weighted by Crippen LogP contribution is -2.13. The number of para-hydroxylation sites is 4. The Bertz CT molecular complexity index is 5050. The Morgan fingerprint density at radius 1 is 0.160 bits per heavy atom. The molecule has 0 unspecified atom stereocenters. The van der Waals surface area contributed by atoms with E-state index < -0.39 is 0 Å². The number of hydrogen-bond donors (Lipinski definition) is 0. The molecule has 81 heavy (non-hydrogen) atoms. The average Bonchev–Trinajstić information content (AvgIpc) is 4.40. The van der Waals surface area contributed by atoms with Gasteiger partial charge in [0.05, 0.1) is 33.1 Å². The Kier molecular flexibility index (Phi) is 9.13. The summed E-state index contributed by atoms with van der Waals surface area (Å²) in [4.78, 5) is 17.2. The fourth-order valence-corrected chi connectivity index (χ4v) is 13.9. The van der Waals surface area contributed by atoms with Gasteiger partial charge in [-0.25, -0.2) is 0 Å². The highest BCUT2D eigenvalue weighted by atomic mass is 15.3. The van der Waals surface area contributed by atoms with Crippen LogP contribution < -0.4 is 0 Å². The summed E-state index contributed by atoms with van der Waals surface area (Å²) in [5.41, 5.74) is 25.1. The molecule has 0 amide bonds. The van der Waals surface area contributed by atoms with Crippen LogP contribution in [0.3, 0.4) is 0 Å². The van der Waals surface area contributed by atoms with Crippen LogP contribution in [0.5, 0.6) is 0 Å². The molecule has 0 spiro atoms. The van der Waals surface area contributed by atoms with E-state index in [-0.39, 0.29) is 0 Å². The Hall–Kier alpha value is -11.0. The van der Waals surface area contributed by atoms with Crippen molar-refractivity contribution in [2.45, 2.75) is 0 Å². The number of rotatable bonds is 3. The highest BCUT2D eigenvalue weighted by Crippen LogP contribution is 2.52. The summed E-state index contributed by atoms with van der Waals surface area (Å²) in [6, 6.07) is 97.4. The predicted octanol–water partition coefficient (Wildman–Crippen LogP) is 19.1.